The molecule has 4 aromatic heterocycles. The summed E-state index contributed by atoms with van der Waals surface area (Å²) in [4.78, 5) is 7.34. The van der Waals surface area contributed by atoms with E-state index in [1.54, 1.807) is 23.9 Å². The summed E-state index contributed by atoms with van der Waals surface area (Å²) >= 11 is 1.19. The normalized spacial score (nSPS) is 15.9. The zero-order valence-corrected chi connectivity index (χ0v) is 21.4. The van der Waals surface area contributed by atoms with E-state index in [2.05, 4.69) is 39.6 Å². The molecule has 0 bridgehead atoms. The van der Waals surface area contributed by atoms with E-state index >= 15 is 0 Å². The minimum atomic E-state index is -0.403. The molecule has 0 aliphatic carbocycles. The van der Waals surface area contributed by atoms with Crippen molar-refractivity contribution in [3.8, 4) is 17.2 Å². The predicted octanol–water partition coefficient (Wildman–Crippen LogP) is 4.74. The number of halogens is 1. The number of likely N-dealkylation sites (tertiary alicyclic amines) is 1. The Labute approximate surface area is 213 Å². The summed E-state index contributed by atoms with van der Waals surface area (Å²) in [5.74, 6) is -0.403. The summed E-state index contributed by atoms with van der Waals surface area (Å²) in [6.07, 6.45) is 9.17. The lowest BCUT2D eigenvalue weighted by Gasteiger charge is -2.33. The number of methoxy groups -OCH3 is 1. The van der Waals surface area contributed by atoms with E-state index in [4.69, 9.17) is 9.84 Å². The Morgan fingerprint density at radius 3 is 2.81 bits per heavy atom. The first-order valence-electron chi connectivity index (χ1n) is 12.0. The minimum Gasteiger partial charge on any atom is -0.380 e. The molecule has 0 saturated carbocycles. The van der Waals surface area contributed by atoms with Gasteiger partial charge in [-0.2, -0.15) is 15.5 Å². The van der Waals surface area contributed by atoms with Gasteiger partial charge in [0, 0.05) is 60.9 Å². The van der Waals surface area contributed by atoms with E-state index in [9.17, 15) is 9.65 Å². The molecule has 0 N–H and O–H groups in total. The topological polar surface area (TPSA) is 84.3 Å². The summed E-state index contributed by atoms with van der Waals surface area (Å²) in [5.41, 5.74) is 4.04. The molecule has 186 valence electrons. The predicted molar refractivity (Wildman–Crippen MR) is 135 cm³/mol. The van der Waals surface area contributed by atoms with Crippen molar-refractivity contribution in [2.24, 2.45) is 0 Å². The molecule has 1 atom stereocenters. The van der Waals surface area contributed by atoms with Crippen LogP contribution >= 0.6 is 11.8 Å². The first-order valence-corrected chi connectivity index (χ1v) is 12.8. The highest BCUT2D eigenvalue weighted by Crippen LogP contribution is 2.37. The quantitative estimate of drug-likeness (QED) is 0.359. The molecule has 10 heteroatoms. The third-order valence-corrected chi connectivity index (χ3v) is 7.83. The average Bonchev–Trinajstić information content (AvgIpc) is 3.49. The molecule has 1 fully saturated rings. The zero-order chi connectivity index (χ0) is 25.2. The van der Waals surface area contributed by atoms with Gasteiger partial charge in [-0.15, -0.1) is 0 Å². The van der Waals surface area contributed by atoms with Gasteiger partial charge >= 0.3 is 0 Å². The molecule has 4 aromatic rings. The van der Waals surface area contributed by atoms with Crippen molar-refractivity contribution < 1.29 is 9.13 Å². The highest BCUT2D eigenvalue weighted by molar-refractivity contribution is 7.99. The van der Waals surface area contributed by atoms with E-state index in [-0.39, 0.29) is 11.1 Å². The van der Waals surface area contributed by atoms with Crippen LogP contribution in [0.15, 0.2) is 52.9 Å². The monoisotopic (exact) mass is 505 g/mol. The molecule has 1 aliphatic heterocycles. The summed E-state index contributed by atoms with van der Waals surface area (Å²) in [5, 5.41) is 19.0. The Balaban J connectivity index is 1.45. The summed E-state index contributed by atoms with van der Waals surface area (Å²) < 4.78 is 23.6. The lowest BCUT2D eigenvalue weighted by molar-refractivity contribution is 0.0624. The van der Waals surface area contributed by atoms with Gasteiger partial charge in [0.25, 0.3) is 0 Å². The van der Waals surface area contributed by atoms with Crippen molar-refractivity contribution >= 4 is 17.3 Å². The smallest absolute Gasteiger partial charge is 0.155 e. The highest BCUT2D eigenvalue weighted by atomic mass is 32.2. The molecule has 5 rings (SSSR count). The van der Waals surface area contributed by atoms with Crippen LogP contribution in [0.25, 0.3) is 16.6 Å². The number of rotatable bonds is 7. The van der Waals surface area contributed by atoms with Crippen LogP contribution in [0.3, 0.4) is 0 Å². The van der Waals surface area contributed by atoms with Gasteiger partial charge in [-0.1, -0.05) is 11.8 Å². The number of ether oxygens (including phenoxy) is 1. The van der Waals surface area contributed by atoms with Crippen molar-refractivity contribution in [3.63, 3.8) is 0 Å². The second-order valence-electron chi connectivity index (χ2n) is 9.12. The Hall–Kier alpha value is -3.26. The van der Waals surface area contributed by atoms with Crippen LogP contribution in [0.2, 0.25) is 0 Å². The minimum absolute atomic E-state index is 0.227. The Kier molecular flexibility index (Phi) is 7.05. The van der Waals surface area contributed by atoms with Gasteiger partial charge in [0.1, 0.15) is 11.1 Å². The molecule has 8 nitrogen and oxygen atoms in total. The van der Waals surface area contributed by atoms with Gasteiger partial charge in [-0.05, 0) is 44.9 Å². The van der Waals surface area contributed by atoms with Crippen LogP contribution in [0.4, 0.5) is 4.39 Å². The molecule has 0 spiro atoms. The fourth-order valence-corrected chi connectivity index (χ4v) is 5.77. The number of hydrogen-bond acceptors (Lipinski definition) is 7. The van der Waals surface area contributed by atoms with Gasteiger partial charge in [0.05, 0.1) is 35.6 Å². The van der Waals surface area contributed by atoms with Gasteiger partial charge < -0.3 is 9.64 Å². The van der Waals surface area contributed by atoms with Crippen molar-refractivity contribution in [2.75, 3.05) is 26.7 Å². The van der Waals surface area contributed by atoms with Crippen LogP contribution in [-0.4, -0.2) is 62.1 Å². The number of nitriles is 1. The molecule has 0 aromatic carbocycles. The van der Waals surface area contributed by atoms with E-state index < -0.39 is 5.82 Å². The van der Waals surface area contributed by atoms with Crippen LogP contribution in [0, 0.1) is 24.1 Å². The number of nitrogens with zero attached hydrogens (tertiary/aromatic N) is 7. The lowest BCUT2D eigenvalue weighted by atomic mass is 10.0. The van der Waals surface area contributed by atoms with E-state index in [1.807, 2.05) is 18.5 Å². The maximum Gasteiger partial charge on any atom is 0.155 e. The number of pyridine rings is 2. The second kappa shape index (κ2) is 10.4. The summed E-state index contributed by atoms with van der Waals surface area (Å²) in [6.45, 7) is 7.15. The fraction of sp³-hybridized carbons (Fsp3) is 0.385. The fourth-order valence-electron chi connectivity index (χ4n) is 4.80. The van der Waals surface area contributed by atoms with E-state index in [0.29, 0.717) is 22.0 Å². The Morgan fingerprint density at radius 2 is 2.08 bits per heavy atom. The number of fused-ring (bicyclic) bond motifs is 1. The van der Waals surface area contributed by atoms with Gasteiger partial charge in [0.2, 0.25) is 0 Å². The molecule has 5 heterocycles. The molecule has 1 aliphatic rings. The van der Waals surface area contributed by atoms with Crippen molar-refractivity contribution in [1.29, 1.82) is 5.26 Å². The van der Waals surface area contributed by atoms with Crippen LogP contribution in [0.5, 0.6) is 0 Å². The van der Waals surface area contributed by atoms with Crippen molar-refractivity contribution in [2.45, 2.75) is 48.8 Å². The largest absolute Gasteiger partial charge is 0.380 e. The molecule has 0 amide bonds. The maximum atomic E-state index is 14.4. The highest BCUT2D eigenvalue weighted by Gasteiger charge is 2.25. The van der Waals surface area contributed by atoms with Crippen LogP contribution in [0.1, 0.15) is 37.1 Å². The SMILES string of the molecule is CO[C@@H](C)CN1CCC(n2ncc(-c3cc(Sc4ncccc4F)c4c(C#N)cnn4c3)c2C)CC1. The molecule has 0 radical (unpaired) electrons. The molecular formula is C26H28FN7OS. The van der Waals surface area contributed by atoms with Gasteiger partial charge in [0.15, 0.2) is 5.82 Å². The first-order chi connectivity index (χ1) is 17.5. The van der Waals surface area contributed by atoms with E-state index in [1.165, 1.54) is 24.0 Å². The summed E-state index contributed by atoms with van der Waals surface area (Å²) in [6, 6.07) is 7.44. The Bertz CT molecular complexity index is 1420. The van der Waals surface area contributed by atoms with Gasteiger partial charge in [-0.3, -0.25) is 4.68 Å². The maximum absolute atomic E-state index is 14.4. The van der Waals surface area contributed by atoms with Gasteiger partial charge in [-0.25, -0.2) is 13.9 Å². The molecular weight excluding hydrogens is 477 g/mol. The third kappa shape index (κ3) is 4.74. The van der Waals surface area contributed by atoms with Crippen LogP contribution in [-0.2, 0) is 4.74 Å². The van der Waals surface area contributed by atoms with E-state index in [0.717, 1.165) is 49.3 Å². The first kappa shape index (κ1) is 24.4. The summed E-state index contributed by atoms with van der Waals surface area (Å²) in [7, 11) is 1.75. The second-order valence-corrected chi connectivity index (χ2v) is 10.1. The number of aromatic nitrogens is 5. The molecule has 0 unspecified atom stereocenters. The number of piperidine rings is 1. The van der Waals surface area contributed by atoms with Crippen molar-refractivity contribution in [3.05, 3.63) is 60.1 Å². The number of hydrogen-bond donors (Lipinski definition) is 0. The molecule has 1 saturated heterocycles. The lowest BCUT2D eigenvalue weighted by Crippen LogP contribution is -2.39. The third-order valence-electron chi connectivity index (χ3n) is 6.80. The van der Waals surface area contributed by atoms with Crippen LogP contribution < -0.4 is 0 Å². The Morgan fingerprint density at radius 1 is 1.28 bits per heavy atom. The standard InChI is InChI=1S/C26H28FN7OS/c1-17(35-3)15-32-9-6-21(7-10-32)34-18(2)22(14-31-34)19-11-24(36-26-23(27)5-4-8-29-26)25-20(12-28)13-30-33(25)16-19/h4-5,8,11,13-14,16-17,21H,6-7,9-10,15H2,1-3H3/t17-/m0/s1. The van der Waals surface area contributed by atoms with Crippen molar-refractivity contribution in [1.82, 2.24) is 29.3 Å². The average molecular weight is 506 g/mol. The zero-order valence-electron chi connectivity index (χ0n) is 20.6. The molecule has 36 heavy (non-hydrogen) atoms.